The topological polar surface area (TPSA) is 103 Å². The maximum absolute atomic E-state index is 12.9. The van der Waals surface area contributed by atoms with Crippen molar-refractivity contribution in [2.24, 2.45) is 0 Å². The highest BCUT2D eigenvalue weighted by molar-refractivity contribution is 6.08. The molecule has 0 unspecified atom stereocenters. The summed E-state index contributed by atoms with van der Waals surface area (Å²) in [5.41, 5.74) is 6.37. The van der Waals surface area contributed by atoms with Crippen LogP contribution >= 0.6 is 0 Å². The number of carbonyl (C=O) groups excluding carboxylic acids is 1. The molecular formula is C28H29N2O5+. The van der Waals surface area contributed by atoms with Crippen LogP contribution in [0.15, 0.2) is 52.9 Å². The standard InChI is InChI=1S/C28H28N2O5/c1-5-29-22-13-24-20(11-16(22)3)27(21-12-17(4)23(30-6-2)14-25(21)35-24)18-9-7-8-10-19(18)28(33)34-15-26(31)32/h7-14,29H,5-6,15H2,1-4H3,(H,31,32)/p+1. The number of benzene rings is 3. The summed E-state index contributed by atoms with van der Waals surface area (Å²) in [7, 11) is 0. The molecule has 3 N–H and O–H groups in total. The number of aliphatic carboxylic acids is 1. The molecule has 0 bridgehead atoms. The number of carboxylic acid groups (broad SMARTS) is 1. The van der Waals surface area contributed by atoms with Gasteiger partial charge in [0, 0.05) is 40.4 Å². The van der Waals surface area contributed by atoms with E-state index in [2.05, 4.69) is 22.4 Å². The summed E-state index contributed by atoms with van der Waals surface area (Å²) in [6.45, 7) is 8.97. The van der Waals surface area contributed by atoms with Gasteiger partial charge >= 0.3 is 11.9 Å². The van der Waals surface area contributed by atoms with E-state index in [0.717, 1.165) is 51.8 Å². The third kappa shape index (κ3) is 4.75. The van der Waals surface area contributed by atoms with E-state index < -0.39 is 18.5 Å². The molecule has 1 heterocycles. The van der Waals surface area contributed by atoms with E-state index in [0.29, 0.717) is 22.5 Å². The SMILES string of the molecule is CCNc1cc2oc3cc(=[NH+]CC)c(C)cc-3c(-c3ccccc3C(=O)OCC(=O)O)c2cc1C. The lowest BCUT2D eigenvalue weighted by Gasteiger charge is -2.19. The molecule has 0 amide bonds. The summed E-state index contributed by atoms with van der Waals surface area (Å²) in [6.07, 6.45) is 0. The Morgan fingerprint density at radius 1 is 1.03 bits per heavy atom. The number of aryl methyl sites for hydroxylation is 2. The number of nitrogens with one attached hydrogen (secondary N) is 2. The van der Waals surface area contributed by atoms with Crippen LogP contribution in [0.5, 0.6) is 0 Å². The van der Waals surface area contributed by atoms with Crippen LogP contribution in [0.3, 0.4) is 0 Å². The van der Waals surface area contributed by atoms with E-state index >= 15 is 0 Å². The first-order chi connectivity index (χ1) is 16.8. The minimum absolute atomic E-state index is 0.296. The molecule has 2 aliphatic rings. The molecule has 0 aromatic heterocycles. The minimum Gasteiger partial charge on any atom is -0.479 e. The summed E-state index contributed by atoms with van der Waals surface area (Å²) >= 11 is 0. The molecule has 0 atom stereocenters. The third-order valence-corrected chi connectivity index (χ3v) is 5.89. The van der Waals surface area contributed by atoms with Crippen LogP contribution in [-0.4, -0.2) is 36.7 Å². The summed E-state index contributed by atoms with van der Waals surface area (Å²) in [5, 5.41) is 14.2. The Kier molecular flexibility index (Phi) is 6.87. The number of ether oxygens (including phenoxy) is 1. The number of hydrogen-bond donors (Lipinski definition) is 3. The maximum atomic E-state index is 12.9. The molecule has 1 aliphatic heterocycles. The molecule has 2 aromatic carbocycles. The van der Waals surface area contributed by atoms with Crippen LogP contribution in [0, 0.1) is 13.8 Å². The number of esters is 1. The molecular weight excluding hydrogens is 444 g/mol. The number of fused-ring (bicyclic) bond motifs is 2. The maximum Gasteiger partial charge on any atom is 0.341 e. The highest BCUT2D eigenvalue weighted by Crippen LogP contribution is 2.42. The molecule has 4 rings (SSSR count). The van der Waals surface area contributed by atoms with Crippen LogP contribution in [0.2, 0.25) is 0 Å². The van der Waals surface area contributed by atoms with Gasteiger partial charge in [0.05, 0.1) is 11.6 Å². The summed E-state index contributed by atoms with van der Waals surface area (Å²) in [6, 6.07) is 15.2. The van der Waals surface area contributed by atoms with E-state index in [1.807, 2.05) is 52.0 Å². The van der Waals surface area contributed by atoms with Crippen LogP contribution in [0.1, 0.15) is 35.3 Å². The second-order valence-corrected chi connectivity index (χ2v) is 8.38. The molecule has 1 aliphatic carbocycles. The van der Waals surface area contributed by atoms with E-state index in [4.69, 9.17) is 14.3 Å². The van der Waals surface area contributed by atoms with Crippen molar-refractivity contribution < 1.29 is 28.8 Å². The van der Waals surface area contributed by atoms with Gasteiger partial charge in [-0.25, -0.2) is 14.6 Å². The van der Waals surface area contributed by atoms with Crippen molar-refractivity contribution in [3.8, 4) is 22.5 Å². The average Bonchev–Trinajstić information content (AvgIpc) is 2.83. The van der Waals surface area contributed by atoms with Gasteiger partial charge in [0.2, 0.25) is 5.36 Å². The van der Waals surface area contributed by atoms with Gasteiger partial charge in [-0.05, 0) is 57.0 Å². The fourth-order valence-electron chi connectivity index (χ4n) is 4.34. The molecule has 0 saturated heterocycles. The molecule has 7 heteroatoms. The van der Waals surface area contributed by atoms with Gasteiger partial charge in [-0.1, -0.05) is 18.2 Å². The first kappa shape index (κ1) is 24.0. The number of rotatable bonds is 7. The second-order valence-electron chi connectivity index (χ2n) is 8.38. The molecule has 35 heavy (non-hydrogen) atoms. The zero-order valence-corrected chi connectivity index (χ0v) is 20.3. The fraction of sp³-hybridized carbons (Fsp3) is 0.250. The number of carbonyl (C=O) groups is 2. The largest absolute Gasteiger partial charge is 0.479 e. The molecule has 0 saturated carbocycles. The summed E-state index contributed by atoms with van der Waals surface area (Å²) in [4.78, 5) is 27.3. The highest BCUT2D eigenvalue weighted by atomic mass is 16.5. The van der Waals surface area contributed by atoms with Crippen molar-refractivity contribution in [1.82, 2.24) is 0 Å². The van der Waals surface area contributed by atoms with Crippen molar-refractivity contribution in [1.29, 1.82) is 0 Å². The Hall–Kier alpha value is -4.13. The van der Waals surface area contributed by atoms with Gasteiger partial charge in [0.25, 0.3) is 0 Å². The van der Waals surface area contributed by atoms with E-state index in [-0.39, 0.29) is 0 Å². The van der Waals surface area contributed by atoms with Crippen molar-refractivity contribution in [3.05, 3.63) is 70.6 Å². The lowest BCUT2D eigenvalue weighted by molar-refractivity contribution is -0.496. The van der Waals surface area contributed by atoms with Crippen LogP contribution in [-0.2, 0) is 9.53 Å². The molecule has 7 nitrogen and oxygen atoms in total. The van der Waals surface area contributed by atoms with E-state index in [9.17, 15) is 9.59 Å². The summed E-state index contributed by atoms with van der Waals surface area (Å²) in [5.74, 6) is -1.22. The Morgan fingerprint density at radius 2 is 1.80 bits per heavy atom. The van der Waals surface area contributed by atoms with Crippen LogP contribution in [0.4, 0.5) is 5.69 Å². The van der Waals surface area contributed by atoms with Gasteiger partial charge in [-0.2, -0.15) is 0 Å². The highest BCUT2D eigenvalue weighted by Gasteiger charge is 2.24. The van der Waals surface area contributed by atoms with Crippen molar-refractivity contribution in [3.63, 3.8) is 0 Å². The van der Waals surface area contributed by atoms with Crippen molar-refractivity contribution >= 4 is 28.6 Å². The molecule has 180 valence electrons. The lowest BCUT2D eigenvalue weighted by Crippen LogP contribution is -2.76. The van der Waals surface area contributed by atoms with Gasteiger partial charge < -0.3 is 19.6 Å². The quantitative estimate of drug-likeness (QED) is 0.281. The second kappa shape index (κ2) is 10.0. The third-order valence-electron chi connectivity index (χ3n) is 5.89. The Morgan fingerprint density at radius 3 is 2.51 bits per heavy atom. The van der Waals surface area contributed by atoms with Gasteiger partial charge in [-0.15, -0.1) is 0 Å². The normalized spacial score (nSPS) is 11.7. The molecule has 2 aromatic rings. The van der Waals surface area contributed by atoms with Gasteiger partial charge in [-0.3, -0.25) is 0 Å². The fourth-order valence-corrected chi connectivity index (χ4v) is 4.34. The smallest absolute Gasteiger partial charge is 0.341 e. The Labute approximate surface area is 203 Å². The predicted molar refractivity (Wildman–Crippen MR) is 134 cm³/mol. The number of carboxylic acids is 1. The average molecular weight is 474 g/mol. The zero-order chi connectivity index (χ0) is 25.1. The van der Waals surface area contributed by atoms with E-state index in [1.165, 1.54) is 0 Å². The first-order valence-electron chi connectivity index (χ1n) is 11.6. The monoisotopic (exact) mass is 473 g/mol. The molecule has 0 fully saturated rings. The first-order valence-corrected chi connectivity index (χ1v) is 11.6. The van der Waals surface area contributed by atoms with Gasteiger partial charge in [0.15, 0.2) is 6.61 Å². The molecule has 0 radical (unpaired) electrons. The van der Waals surface area contributed by atoms with Crippen molar-refractivity contribution in [2.75, 3.05) is 25.0 Å². The van der Waals surface area contributed by atoms with E-state index in [1.54, 1.807) is 12.1 Å². The van der Waals surface area contributed by atoms with Crippen LogP contribution in [0.25, 0.3) is 33.4 Å². The number of hydrogen-bond acceptors (Lipinski definition) is 5. The minimum atomic E-state index is -1.21. The van der Waals surface area contributed by atoms with Gasteiger partial charge in [0.1, 0.15) is 17.9 Å². The lowest BCUT2D eigenvalue weighted by atomic mass is 9.89. The zero-order valence-electron chi connectivity index (χ0n) is 20.3. The molecule has 0 spiro atoms. The predicted octanol–water partition coefficient (Wildman–Crippen LogP) is 3.50. The Balaban J connectivity index is 2.09. The number of anilines is 1. The van der Waals surface area contributed by atoms with Crippen molar-refractivity contribution in [2.45, 2.75) is 27.7 Å². The Bertz CT molecular complexity index is 1470. The summed E-state index contributed by atoms with van der Waals surface area (Å²) < 4.78 is 11.4. The van der Waals surface area contributed by atoms with Crippen LogP contribution < -0.4 is 15.7 Å².